The van der Waals surface area contributed by atoms with E-state index in [1.54, 1.807) is 33.5 Å². The molecule has 0 aromatic heterocycles. The number of carbonyl (C=O) groups is 1. The number of methoxy groups -OCH3 is 3. The molecule has 0 bridgehead atoms. The normalized spacial score (nSPS) is 17.0. The molecule has 5 nitrogen and oxygen atoms in total. The van der Waals surface area contributed by atoms with Crippen molar-refractivity contribution in [3.05, 3.63) is 53.1 Å². The first kappa shape index (κ1) is 20.1. The van der Waals surface area contributed by atoms with Crippen LogP contribution in [0, 0.1) is 6.92 Å². The Balaban J connectivity index is 2.00. The van der Waals surface area contributed by atoms with E-state index < -0.39 is 0 Å². The van der Waals surface area contributed by atoms with Crippen LogP contribution in [0.25, 0.3) is 0 Å². The molecule has 0 N–H and O–H groups in total. The van der Waals surface area contributed by atoms with Crippen molar-refractivity contribution in [1.82, 2.24) is 4.90 Å². The summed E-state index contributed by atoms with van der Waals surface area (Å²) < 4.78 is 16.3. The number of rotatable bonds is 5. The summed E-state index contributed by atoms with van der Waals surface area (Å²) in [5.41, 5.74) is 2.96. The molecule has 1 aliphatic rings. The van der Waals surface area contributed by atoms with Crippen molar-refractivity contribution in [3.63, 3.8) is 0 Å². The summed E-state index contributed by atoms with van der Waals surface area (Å²) in [6.07, 6.45) is 4.25. The van der Waals surface area contributed by atoms with Crippen LogP contribution >= 0.6 is 0 Å². The summed E-state index contributed by atoms with van der Waals surface area (Å²) in [6.45, 7) is 2.83. The summed E-state index contributed by atoms with van der Waals surface area (Å²) in [5.74, 6) is 1.47. The molecule has 150 valence electrons. The Morgan fingerprint density at radius 2 is 1.68 bits per heavy atom. The van der Waals surface area contributed by atoms with Gasteiger partial charge in [0.2, 0.25) is 5.75 Å². The highest BCUT2D eigenvalue weighted by molar-refractivity contribution is 5.96. The number of hydrogen-bond donors (Lipinski definition) is 0. The fraction of sp³-hybridized carbons (Fsp3) is 0.435. The summed E-state index contributed by atoms with van der Waals surface area (Å²) in [7, 11) is 4.69. The summed E-state index contributed by atoms with van der Waals surface area (Å²) in [6, 6.07) is 12.0. The summed E-state index contributed by atoms with van der Waals surface area (Å²) >= 11 is 0. The topological polar surface area (TPSA) is 48.0 Å². The van der Waals surface area contributed by atoms with Crippen molar-refractivity contribution >= 4 is 5.91 Å². The molecule has 0 aliphatic carbocycles. The van der Waals surface area contributed by atoms with Gasteiger partial charge in [-0.2, -0.15) is 0 Å². The van der Waals surface area contributed by atoms with Crippen molar-refractivity contribution in [2.75, 3.05) is 27.9 Å². The standard InChI is InChI=1S/C23H29NO4/c1-16-9-8-10-17(13-16)19-11-6-5-7-12-24(19)23(25)18-14-20(26-2)22(28-4)21(15-18)27-3/h8-10,13-15,19H,5-7,11-12H2,1-4H3. The van der Waals surface area contributed by atoms with Gasteiger partial charge in [-0.3, -0.25) is 4.79 Å². The van der Waals surface area contributed by atoms with E-state index in [1.165, 1.54) is 11.1 Å². The van der Waals surface area contributed by atoms with Crippen LogP contribution in [-0.4, -0.2) is 38.7 Å². The van der Waals surface area contributed by atoms with Crippen LogP contribution in [0.15, 0.2) is 36.4 Å². The van der Waals surface area contributed by atoms with Crippen LogP contribution in [-0.2, 0) is 0 Å². The van der Waals surface area contributed by atoms with Crippen molar-refractivity contribution < 1.29 is 19.0 Å². The third-order valence-electron chi connectivity index (χ3n) is 5.35. The Morgan fingerprint density at radius 1 is 0.964 bits per heavy atom. The molecule has 1 amide bonds. The van der Waals surface area contributed by atoms with Gasteiger partial charge in [0.05, 0.1) is 27.4 Å². The van der Waals surface area contributed by atoms with Crippen LogP contribution in [0.1, 0.15) is 53.2 Å². The zero-order valence-electron chi connectivity index (χ0n) is 17.2. The molecule has 0 spiro atoms. The van der Waals surface area contributed by atoms with E-state index in [0.29, 0.717) is 22.8 Å². The van der Waals surface area contributed by atoms with Crippen molar-refractivity contribution in [2.45, 2.75) is 38.6 Å². The van der Waals surface area contributed by atoms with Crippen LogP contribution in [0.3, 0.4) is 0 Å². The van der Waals surface area contributed by atoms with E-state index in [0.717, 1.165) is 32.2 Å². The molecular formula is C23H29NO4. The number of aryl methyl sites for hydroxylation is 1. The number of likely N-dealkylation sites (tertiary alicyclic amines) is 1. The zero-order chi connectivity index (χ0) is 20.1. The summed E-state index contributed by atoms with van der Waals surface area (Å²) in [4.78, 5) is 15.5. The second-order valence-electron chi connectivity index (χ2n) is 7.19. The largest absolute Gasteiger partial charge is 0.493 e. The minimum atomic E-state index is -0.00680. The third-order valence-corrected chi connectivity index (χ3v) is 5.35. The van der Waals surface area contributed by atoms with Crippen molar-refractivity contribution in [3.8, 4) is 17.2 Å². The van der Waals surface area contributed by atoms with Gasteiger partial charge in [0.15, 0.2) is 11.5 Å². The van der Waals surface area contributed by atoms with Crippen LogP contribution in [0.4, 0.5) is 0 Å². The lowest BCUT2D eigenvalue weighted by atomic mass is 9.98. The first-order valence-electron chi connectivity index (χ1n) is 9.76. The van der Waals surface area contributed by atoms with Gasteiger partial charge in [-0.25, -0.2) is 0 Å². The first-order chi connectivity index (χ1) is 13.6. The lowest BCUT2D eigenvalue weighted by molar-refractivity contribution is 0.0680. The molecular weight excluding hydrogens is 354 g/mol. The van der Waals surface area contributed by atoms with E-state index in [1.807, 2.05) is 4.90 Å². The van der Waals surface area contributed by atoms with Crippen LogP contribution < -0.4 is 14.2 Å². The monoisotopic (exact) mass is 383 g/mol. The molecule has 3 rings (SSSR count). The van der Waals surface area contributed by atoms with Crippen molar-refractivity contribution in [1.29, 1.82) is 0 Å². The second-order valence-corrected chi connectivity index (χ2v) is 7.19. The molecule has 28 heavy (non-hydrogen) atoms. The van der Waals surface area contributed by atoms with E-state index in [9.17, 15) is 4.79 Å². The van der Waals surface area contributed by atoms with E-state index >= 15 is 0 Å². The van der Waals surface area contributed by atoms with E-state index in [4.69, 9.17) is 14.2 Å². The van der Waals surface area contributed by atoms with Gasteiger partial charge in [-0.1, -0.05) is 42.7 Å². The highest BCUT2D eigenvalue weighted by atomic mass is 16.5. The maximum Gasteiger partial charge on any atom is 0.254 e. The maximum atomic E-state index is 13.5. The SMILES string of the molecule is COc1cc(C(=O)N2CCCCCC2c2cccc(C)c2)cc(OC)c1OC. The molecule has 5 heteroatoms. The smallest absolute Gasteiger partial charge is 0.254 e. The third kappa shape index (κ3) is 4.08. The number of nitrogens with zero attached hydrogens (tertiary/aromatic N) is 1. The van der Waals surface area contributed by atoms with Crippen LogP contribution in [0.5, 0.6) is 17.2 Å². The average Bonchev–Trinajstić information content (AvgIpc) is 2.98. The van der Waals surface area contributed by atoms with Gasteiger partial charge in [0.1, 0.15) is 0 Å². The van der Waals surface area contributed by atoms with Gasteiger partial charge in [-0.05, 0) is 37.5 Å². The molecule has 2 aromatic rings. The minimum absolute atomic E-state index is 0.00680. The first-order valence-corrected chi connectivity index (χ1v) is 9.76. The Bertz CT molecular complexity index is 808. The molecule has 1 fully saturated rings. The molecule has 1 unspecified atom stereocenters. The maximum absolute atomic E-state index is 13.5. The number of amides is 1. The quantitative estimate of drug-likeness (QED) is 0.746. The molecule has 1 atom stereocenters. The van der Waals surface area contributed by atoms with Gasteiger partial charge < -0.3 is 19.1 Å². The summed E-state index contributed by atoms with van der Waals surface area (Å²) in [5, 5.41) is 0. The molecule has 0 saturated carbocycles. The lowest BCUT2D eigenvalue weighted by Gasteiger charge is -2.31. The Morgan fingerprint density at radius 3 is 2.29 bits per heavy atom. The van der Waals surface area contributed by atoms with Gasteiger partial charge in [0.25, 0.3) is 5.91 Å². The zero-order valence-corrected chi connectivity index (χ0v) is 17.2. The fourth-order valence-corrected chi connectivity index (χ4v) is 3.95. The predicted octanol–water partition coefficient (Wildman–Crippen LogP) is 4.78. The fourth-order valence-electron chi connectivity index (χ4n) is 3.95. The average molecular weight is 383 g/mol. The lowest BCUT2D eigenvalue weighted by Crippen LogP contribution is -2.35. The van der Waals surface area contributed by atoms with E-state index in [2.05, 4.69) is 31.2 Å². The Labute approximate surface area is 167 Å². The Kier molecular flexibility index (Phi) is 6.45. The number of ether oxygens (including phenoxy) is 3. The number of hydrogen-bond acceptors (Lipinski definition) is 4. The number of carbonyl (C=O) groups excluding carboxylic acids is 1. The second kappa shape index (κ2) is 9.00. The minimum Gasteiger partial charge on any atom is -0.493 e. The van der Waals surface area contributed by atoms with Crippen LogP contribution in [0.2, 0.25) is 0 Å². The number of benzene rings is 2. The highest BCUT2D eigenvalue weighted by Gasteiger charge is 2.29. The molecule has 1 aliphatic heterocycles. The highest BCUT2D eigenvalue weighted by Crippen LogP contribution is 2.39. The predicted molar refractivity (Wildman–Crippen MR) is 110 cm³/mol. The van der Waals surface area contributed by atoms with Gasteiger partial charge in [0, 0.05) is 12.1 Å². The molecule has 2 aromatic carbocycles. The molecule has 1 saturated heterocycles. The van der Waals surface area contributed by atoms with E-state index in [-0.39, 0.29) is 11.9 Å². The van der Waals surface area contributed by atoms with Crippen molar-refractivity contribution in [2.24, 2.45) is 0 Å². The van der Waals surface area contributed by atoms with Gasteiger partial charge >= 0.3 is 0 Å². The molecule has 1 heterocycles. The Hall–Kier alpha value is -2.69. The van der Waals surface area contributed by atoms with Gasteiger partial charge in [-0.15, -0.1) is 0 Å². The molecule has 0 radical (unpaired) electrons.